The lowest BCUT2D eigenvalue weighted by molar-refractivity contribution is 0.593. The second-order valence-corrected chi connectivity index (χ2v) is 8.82. The summed E-state index contributed by atoms with van der Waals surface area (Å²) in [6.45, 7) is 0. The van der Waals surface area contributed by atoms with E-state index in [0.29, 0.717) is 4.90 Å². The van der Waals surface area contributed by atoms with Crippen LogP contribution in [0.5, 0.6) is 0 Å². The summed E-state index contributed by atoms with van der Waals surface area (Å²) in [5.41, 5.74) is 6.73. The minimum atomic E-state index is -3.45. The fourth-order valence-corrected chi connectivity index (χ4v) is 5.68. The lowest BCUT2D eigenvalue weighted by Crippen LogP contribution is -2.17. The molecule has 2 N–H and O–H groups in total. The zero-order chi connectivity index (χ0) is 15.9. The first-order valence-corrected chi connectivity index (χ1v) is 9.51. The Bertz CT molecular complexity index is 804. The van der Waals surface area contributed by atoms with Crippen molar-refractivity contribution < 1.29 is 8.42 Å². The molecule has 6 heteroatoms. The van der Waals surface area contributed by atoms with Gasteiger partial charge in [0.15, 0.2) is 9.84 Å². The van der Waals surface area contributed by atoms with Gasteiger partial charge in [0.25, 0.3) is 0 Å². The van der Waals surface area contributed by atoms with Crippen LogP contribution in [-0.2, 0) is 9.84 Å². The number of benzene rings is 2. The maximum atomic E-state index is 12.8. The van der Waals surface area contributed by atoms with Crippen molar-refractivity contribution in [2.24, 2.45) is 11.7 Å². The molecule has 0 spiro atoms. The van der Waals surface area contributed by atoms with Crippen molar-refractivity contribution in [2.45, 2.75) is 16.1 Å². The van der Waals surface area contributed by atoms with E-state index < -0.39 is 15.1 Å². The Morgan fingerprint density at radius 2 is 1.64 bits per heavy atom. The lowest BCUT2D eigenvalue weighted by Gasteiger charge is -2.04. The minimum absolute atomic E-state index is 0.171. The van der Waals surface area contributed by atoms with Gasteiger partial charge in [-0.3, -0.25) is 0 Å². The van der Waals surface area contributed by atoms with E-state index in [1.165, 1.54) is 0 Å². The van der Waals surface area contributed by atoms with Gasteiger partial charge in [-0.2, -0.15) is 0 Å². The van der Waals surface area contributed by atoms with Crippen molar-refractivity contribution >= 4 is 43.0 Å². The largest absolute Gasteiger partial charge is 0.393 e. The van der Waals surface area contributed by atoms with Crippen LogP contribution in [0.25, 0.3) is 0 Å². The van der Waals surface area contributed by atoms with Crippen molar-refractivity contribution in [3.63, 3.8) is 0 Å². The van der Waals surface area contributed by atoms with Gasteiger partial charge in [-0.15, -0.1) is 0 Å². The molecule has 2 aromatic carbocycles. The summed E-state index contributed by atoms with van der Waals surface area (Å²) in [5.74, 6) is -0.475. The summed E-state index contributed by atoms with van der Waals surface area (Å²) in [5, 5.41) is -0.575. The van der Waals surface area contributed by atoms with E-state index >= 15 is 0 Å². The van der Waals surface area contributed by atoms with Crippen LogP contribution in [-0.4, -0.2) is 18.7 Å². The Balaban J connectivity index is 1.99. The number of rotatable bonds is 4. The van der Waals surface area contributed by atoms with Crippen LogP contribution in [0.1, 0.15) is 11.5 Å². The predicted octanol–water partition coefficient (Wildman–Crippen LogP) is 3.29. The van der Waals surface area contributed by atoms with Gasteiger partial charge in [-0.1, -0.05) is 58.5 Å². The molecule has 0 saturated heterocycles. The fourth-order valence-electron chi connectivity index (χ4n) is 2.86. The van der Waals surface area contributed by atoms with Crippen LogP contribution in [0.15, 0.2) is 64.0 Å². The van der Waals surface area contributed by atoms with E-state index in [0.717, 1.165) is 10.0 Å². The summed E-state index contributed by atoms with van der Waals surface area (Å²) in [7, 11) is -3.45. The number of hydrogen-bond acceptors (Lipinski definition) is 3. The summed E-state index contributed by atoms with van der Waals surface area (Å²) in [4.78, 5) is 0.582. The molecule has 1 saturated carbocycles. The van der Waals surface area contributed by atoms with E-state index in [1.54, 1.807) is 30.3 Å². The zero-order valence-corrected chi connectivity index (χ0v) is 14.7. The second-order valence-electron chi connectivity index (χ2n) is 5.33. The van der Waals surface area contributed by atoms with Gasteiger partial charge in [0.2, 0.25) is 0 Å². The quantitative estimate of drug-likeness (QED) is 0.806. The molecule has 0 bridgehead atoms. The first kappa shape index (κ1) is 15.6. The van der Waals surface area contributed by atoms with Crippen LogP contribution in [0, 0.1) is 5.92 Å². The van der Waals surface area contributed by atoms with Crippen molar-refractivity contribution in [3.8, 4) is 0 Å². The van der Waals surface area contributed by atoms with Crippen LogP contribution in [0.2, 0.25) is 0 Å². The molecule has 1 aliphatic carbocycles. The molecule has 0 radical (unpaired) electrons. The van der Waals surface area contributed by atoms with Crippen molar-refractivity contribution in [1.82, 2.24) is 0 Å². The minimum Gasteiger partial charge on any atom is -0.393 e. The molecule has 2 aromatic rings. The third-order valence-corrected chi connectivity index (χ3v) is 7.00. The Kier molecular flexibility index (Phi) is 4.09. The summed E-state index contributed by atoms with van der Waals surface area (Å²) in [6.07, 6.45) is 0. The van der Waals surface area contributed by atoms with Gasteiger partial charge in [0, 0.05) is 16.3 Å². The van der Waals surface area contributed by atoms with E-state index in [2.05, 4.69) is 15.9 Å². The topological polar surface area (TPSA) is 60.2 Å². The molecule has 3 nitrogen and oxygen atoms in total. The van der Waals surface area contributed by atoms with Crippen LogP contribution >= 0.6 is 28.1 Å². The van der Waals surface area contributed by atoms with Gasteiger partial charge in [-0.05, 0) is 29.8 Å². The van der Waals surface area contributed by atoms with Gasteiger partial charge < -0.3 is 5.73 Å². The van der Waals surface area contributed by atoms with Gasteiger partial charge in [0.1, 0.15) is 0 Å². The summed E-state index contributed by atoms with van der Waals surface area (Å²) < 4.78 is 26.6. The Morgan fingerprint density at radius 3 is 2.18 bits per heavy atom. The highest BCUT2D eigenvalue weighted by atomic mass is 79.9. The van der Waals surface area contributed by atoms with E-state index in [9.17, 15) is 8.42 Å². The third-order valence-electron chi connectivity index (χ3n) is 3.97. The number of nitrogens with two attached hydrogens (primary N) is 1. The van der Waals surface area contributed by atoms with Crippen LogP contribution in [0.3, 0.4) is 0 Å². The molecule has 1 fully saturated rings. The summed E-state index contributed by atoms with van der Waals surface area (Å²) >= 11 is 8.47. The third kappa shape index (κ3) is 2.71. The second kappa shape index (κ2) is 5.76. The molecule has 0 amide bonds. The average molecular weight is 396 g/mol. The maximum absolute atomic E-state index is 12.8. The van der Waals surface area contributed by atoms with E-state index in [-0.39, 0.29) is 16.8 Å². The standard InChI is InChI=1S/C16H14BrNO2S2/c17-11-8-6-10(7-9-11)13-14(16(18)21)15(13)22(19,20)12-4-2-1-3-5-12/h1-9,13-15H,(H2,18,21)/t13-,14+,15+/m0/s1. The smallest absolute Gasteiger partial charge is 0.182 e. The number of thiocarbonyl (C=S) groups is 1. The molecule has 3 atom stereocenters. The molecule has 22 heavy (non-hydrogen) atoms. The molecule has 0 unspecified atom stereocenters. The van der Waals surface area contributed by atoms with Crippen LogP contribution in [0.4, 0.5) is 0 Å². The Hall–Kier alpha value is -1.24. The molecule has 0 aliphatic heterocycles. The number of sulfone groups is 1. The van der Waals surface area contributed by atoms with E-state index in [1.807, 2.05) is 24.3 Å². The van der Waals surface area contributed by atoms with Crippen molar-refractivity contribution in [2.75, 3.05) is 0 Å². The van der Waals surface area contributed by atoms with Crippen molar-refractivity contribution in [3.05, 3.63) is 64.6 Å². The monoisotopic (exact) mass is 395 g/mol. The van der Waals surface area contributed by atoms with Gasteiger partial charge in [0.05, 0.1) is 15.1 Å². The average Bonchev–Trinajstić information content (AvgIpc) is 3.25. The maximum Gasteiger partial charge on any atom is 0.182 e. The molecule has 1 aliphatic rings. The molecule has 0 aromatic heterocycles. The van der Waals surface area contributed by atoms with Gasteiger partial charge in [-0.25, -0.2) is 8.42 Å². The lowest BCUT2D eigenvalue weighted by atomic mass is 10.1. The molecule has 3 rings (SSSR count). The highest BCUT2D eigenvalue weighted by Crippen LogP contribution is 2.54. The molecular formula is C16H14BrNO2S2. The highest BCUT2D eigenvalue weighted by molar-refractivity contribution is 9.10. The predicted molar refractivity (Wildman–Crippen MR) is 94.6 cm³/mol. The van der Waals surface area contributed by atoms with Crippen molar-refractivity contribution in [1.29, 1.82) is 0 Å². The Labute approximate surface area is 143 Å². The van der Waals surface area contributed by atoms with Gasteiger partial charge >= 0.3 is 0 Å². The first-order chi connectivity index (χ1) is 10.4. The van der Waals surface area contributed by atoms with Crippen LogP contribution < -0.4 is 5.73 Å². The molecular weight excluding hydrogens is 382 g/mol. The number of hydrogen-bond donors (Lipinski definition) is 1. The normalized spacial score (nSPS) is 24.0. The fraction of sp³-hybridized carbons (Fsp3) is 0.188. The zero-order valence-electron chi connectivity index (χ0n) is 11.5. The molecule has 0 heterocycles. The molecule has 114 valence electrons. The number of halogens is 1. The first-order valence-electron chi connectivity index (χ1n) is 6.76. The SMILES string of the molecule is NC(=S)[C@@H]1[C@H](c2ccc(Br)cc2)[C@H]1S(=O)(=O)c1ccccc1. The highest BCUT2D eigenvalue weighted by Gasteiger charge is 2.60. The summed E-state index contributed by atoms with van der Waals surface area (Å²) in [6, 6.07) is 16.1. The van der Waals surface area contributed by atoms with E-state index in [4.69, 9.17) is 18.0 Å². The Morgan fingerprint density at radius 1 is 1.05 bits per heavy atom.